The zero-order chi connectivity index (χ0) is 7.56. The van der Waals surface area contributed by atoms with Crippen molar-refractivity contribution in [1.82, 2.24) is 0 Å². The SMILES string of the molecule is COC1CC(Cl)CCC1Cl. The maximum Gasteiger partial charge on any atom is 0.0748 e. The molecule has 0 bridgehead atoms. The Kier molecular flexibility index (Phi) is 3.28. The summed E-state index contributed by atoms with van der Waals surface area (Å²) in [4.78, 5) is 0. The van der Waals surface area contributed by atoms with Gasteiger partial charge in [-0.05, 0) is 19.3 Å². The molecule has 0 amide bonds. The van der Waals surface area contributed by atoms with Crippen molar-refractivity contribution in [1.29, 1.82) is 0 Å². The van der Waals surface area contributed by atoms with Crippen molar-refractivity contribution in [3.63, 3.8) is 0 Å². The van der Waals surface area contributed by atoms with Gasteiger partial charge in [-0.25, -0.2) is 0 Å². The number of ether oxygens (including phenoxy) is 1. The van der Waals surface area contributed by atoms with Crippen molar-refractivity contribution < 1.29 is 4.74 Å². The number of alkyl halides is 2. The van der Waals surface area contributed by atoms with Crippen LogP contribution >= 0.6 is 23.2 Å². The molecule has 3 atom stereocenters. The quantitative estimate of drug-likeness (QED) is 0.567. The minimum absolute atomic E-state index is 0.165. The fourth-order valence-electron chi connectivity index (χ4n) is 1.29. The number of hydrogen-bond donors (Lipinski definition) is 0. The fourth-order valence-corrected chi connectivity index (χ4v) is 1.92. The van der Waals surface area contributed by atoms with Crippen molar-refractivity contribution in [2.75, 3.05) is 7.11 Å². The van der Waals surface area contributed by atoms with Gasteiger partial charge in [-0.3, -0.25) is 0 Å². The zero-order valence-corrected chi connectivity index (χ0v) is 7.53. The van der Waals surface area contributed by atoms with Gasteiger partial charge in [-0.2, -0.15) is 0 Å². The van der Waals surface area contributed by atoms with E-state index in [1.165, 1.54) is 0 Å². The molecule has 1 aliphatic carbocycles. The maximum absolute atomic E-state index is 5.96. The third-order valence-corrected chi connectivity index (χ3v) is 2.85. The van der Waals surface area contributed by atoms with Gasteiger partial charge in [0.05, 0.1) is 11.5 Å². The summed E-state index contributed by atoms with van der Waals surface area (Å²) in [5.74, 6) is 0. The van der Waals surface area contributed by atoms with E-state index < -0.39 is 0 Å². The summed E-state index contributed by atoms with van der Waals surface area (Å²) in [6.45, 7) is 0. The lowest BCUT2D eigenvalue weighted by Gasteiger charge is -2.28. The molecule has 3 heteroatoms. The van der Waals surface area contributed by atoms with Gasteiger partial charge in [-0.15, -0.1) is 23.2 Å². The molecule has 0 aromatic heterocycles. The van der Waals surface area contributed by atoms with Crippen molar-refractivity contribution in [3.05, 3.63) is 0 Å². The smallest absolute Gasteiger partial charge is 0.0748 e. The summed E-state index contributed by atoms with van der Waals surface area (Å²) in [7, 11) is 1.69. The summed E-state index contributed by atoms with van der Waals surface area (Å²) >= 11 is 11.9. The van der Waals surface area contributed by atoms with Crippen molar-refractivity contribution in [2.24, 2.45) is 0 Å². The summed E-state index contributed by atoms with van der Waals surface area (Å²) in [6.07, 6.45) is 3.06. The van der Waals surface area contributed by atoms with E-state index in [1.807, 2.05) is 0 Å². The van der Waals surface area contributed by atoms with Crippen LogP contribution in [0.4, 0.5) is 0 Å². The number of halogens is 2. The summed E-state index contributed by atoms with van der Waals surface area (Å²) < 4.78 is 5.16. The zero-order valence-electron chi connectivity index (χ0n) is 6.02. The lowest BCUT2D eigenvalue weighted by Crippen LogP contribution is -2.31. The molecule has 0 heterocycles. The molecule has 10 heavy (non-hydrogen) atoms. The number of rotatable bonds is 1. The van der Waals surface area contributed by atoms with Crippen LogP contribution in [-0.4, -0.2) is 24.0 Å². The van der Waals surface area contributed by atoms with Gasteiger partial charge in [0.2, 0.25) is 0 Å². The second-order valence-corrected chi connectivity index (χ2v) is 3.88. The van der Waals surface area contributed by atoms with Crippen LogP contribution in [0.3, 0.4) is 0 Å². The first-order chi connectivity index (χ1) is 4.74. The lowest BCUT2D eigenvalue weighted by atomic mass is 9.97. The molecular formula is C7H12Cl2O. The monoisotopic (exact) mass is 182 g/mol. The summed E-state index contributed by atoms with van der Waals surface area (Å²) in [5.41, 5.74) is 0. The van der Waals surface area contributed by atoms with Crippen LogP contribution in [0.15, 0.2) is 0 Å². The Morgan fingerprint density at radius 2 is 2.00 bits per heavy atom. The summed E-state index contributed by atoms with van der Waals surface area (Å²) in [6, 6.07) is 0. The molecule has 1 rings (SSSR count). The Balaban J connectivity index is 2.38. The van der Waals surface area contributed by atoms with Gasteiger partial charge < -0.3 is 4.74 Å². The maximum atomic E-state index is 5.96. The Morgan fingerprint density at radius 3 is 2.50 bits per heavy atom. The molecule has 1 fully saturated rings. The topological polar surface area (TPSA) is 9.23 Å². The van der Waals surface area contributed by atoms with Crippen LogP contribution in [-0.2, 0) is 4.74 Å². The molecule has 0 aromatic carbocycles. The molecule has 0 spiro atoms. The molecule has 1 saturated carbocycles. The van der Waals surface area contributed by atoms with Crippen LogP contribution in [0.1, 0.15) is 19.3 Å². The van der Waals surface area contributed by atoms with Crippen LogP contribution in [0.25, 0.3) is 0 Å². The molecule has 0 aromatic rings. The van der Waals surface area contributed by atoms with Crippen molar-refractivity contribution in [2.45, 2.75) is 36.1 Å². The fraction of sp³-hybridized carbons (Fsp3) is 1.00. The van der Waals surface area contributed by atoms with Gasteiger partial charge >= 0.3 is 0 Å². The molecule has 3 unspecified atom stereocenters. The number of hydrogen-bond acceptors (Lipinski definition) is 1. The largest absolute Gasteiger partial charge is 0.380 e. The first-order valence-corrected chi connectivity index (χ1v) is 4.42. The van der Waals surface area contributed by atoms with Gasteiger partial charge in [0.25, 0.3) is 0 Å². The van der Waals surface area contributed by atoms with Gasteiger partial charge in [0, 0.05) is 12.5 Å². The van der Waals surface area contributed by atoms with Crippen molar-refractivity contribution >= 4 is 23.2 Å². The lowest BCUT2D eigenvalue weighted by molar-refractivity contribution is 0.0758. The molecule has 0 aliphatic heterocycles. The van der Waals surface area contributed by atoms with E-state index in [4.69, 9.17) is 27.9 Å². The molecule has 1 nitrogen and oxygen atoms in total. The highest BCUT2D eigenvalue weighted by Gasteiger charge is 2.27. The Bertz CT molecular complexity index is 108. The molecule has 0 radical (unpaired) electrons. The Labute approximate surface area is 71.6 Å². The van der Waals surface area contributed by atoms with Crippen LogP contribution in [0, 0.1) is 0 Å². The van der Waals surface area contributed by atoms with E-state index in [0.717, 1.165) is 19.3 Å². The van der Waals surface area contributed by atoms with E-state index >= 15 is 0 Å². The minimum Gasteiger partial charge on any atom is -0.380 e. The van der Waals surface area contributed by atoms with Gasteiger partial charge in [-0.1, -0.05) is 0 Å². The standard InChI is InChI=1S/C7H12Cl2O/c1-10-7-4-5(8)2-3-6(7)9/h5-7H,2-4H2,1H3. The summed E-state index contributed by atoms with van der Waals surface area (Å²) in [5, 5.41) is 0.431. The van der Waals surface area contributed by atoms with E-state index in [9.17, 15) is 0 Å². The van der Waals surface area contributed by atoms with Gasteiger partial charge in [0.15, 0.2) is 0 Å². The highest BCUT2D eigenvalue weighted by Crippen LogP contribution is 2.28. The van der Waals surface area contributed by atoms with Crippen LogP contribution < -0.4 is 0 Å². The van der Waals surface area contributed by atoms with Crippen LogP contribution in [0.2, 0.25) is 0 Å². The van der Waals surface area contributed by atoms with E-state index in [-0.39, 0.29) is 16.9 Å². The molecule has 0 saturated heterocycles. The van der Waals surface area contributed by atoms with Crippen molar-refractivity contribution in [3.8, 4) is 0 Å². The molecular weight excluding hydrogens is 171 g/mol. The second-order valence-electron chi connectivity index (χ2n) is 2.70. The normalized spacial score (nSPS) is 41.7. The number of methoxy groups -OCH3 is 1. The Hall–Kier alpha value is 0.540. The molecule has 60 valence electrons. The van der Waals surface area contributed by atoms with E-state index in [2.05, 4.69) is 0 Å². The van der Waals surface area contributed by atoms with E-state index in [1.54, 1.807) is 7.11 Å². The first kappa shape index (κ1) is 8.63. The second kappa shape index (κ2) is 3.80. The predicted octanol–water partition coefficient (Wildman–Crippen LogP) is 2.40. The third kappa shape index (κ3) is 2.01. The predicted molar refractivity (Wildman–Crippen MR) is 43.9 cm³/mol. The highest BCUT2D eigenvalue weighted by molar-refractivity contribution is 6.22. The third-order valence-electron chi connectivity index (χ3n) is 1.95. The average molecular weight is 183 g/mol. The highest BCUT2D eigenvalue weighted by atomic mass is 35.5. The molecule has 0 N–H and O–H groups in total. The minimum atomic E-state index is 0.165. The Morgan fingerprint density at radius 1 is 1.30 bits per heavy atom. The first-order valence-electron chi connectivity index (χ1n) is 3.55. The van der Waals surface area contributed by atoms with E-state index in [0.29, 0.717) is 0 Å². The molecule has 1 aliphatic rings. The average Bonchev–Trinajstić information content (AvgIpc) is 1.94. The van der Waals surface area contributed by atoms with Gasteiger partial charge in [0.1, 0.15) is 0 Å². The van der Waals surface area contributed by atoms with Crippen LogP contribution in [0.5, 0.6) is 0 Å².